The number of nitrogens with one attached hydrogen (secondary N) is 3. The Labute approximate surface area is 194 Å². The highest BCUT2D eigenvalue weighted by Crippen LogP contribution is 2.35. The molecule has 1 aliphatic carbocycles. The number of halogens is 1. The molecule has 2 aromatic rings. The van der Waals surface area contributed by atoms with E-state index in [1.54, 1.807) is 24.3 Å². The first kappa shape index (κ1) is 23.8. The molecule has 1 saturated carbocycles. The number of hydrogen-bond acceptors (Lipinski definition) is 3. The first-order valence-corrected chi connectivity index (χ1v) is 11.3. The summed E-state index contributed by atoms with van der Waals surface area (Å²) in [7, 11) is 1.52. The number of carbonyl (C=O) groups excluding carboxylic acids is 3. The van der Waals surface area contributed by atoms with Crippen molar-refractivity contribution < 1.29 is 14.4 Å². The van der Waals surface area contributed by atoms with Gasteiger partial charge in [0.15, 0.2) is 0 Å². The van der Waals surface area contributed by atoms with Crippen molar-refractivity contribution in [2.45, 2.75) is 52.5 Å². The molecule has 0 unspecified atom stereocenters. The highest BCUT2D eigenvalue weighted by molar-refractivity contribution is 6.34. The third kappa shape index (κ3) is 5.49. The van der Waals surface area contributed by atoms with Gasteiger partial charge in [-0.05, 0) is 55.2 Å². The highest BCUT2D eigenvalue weighted by atomic mass is 35.5. The van der Waals surface area contributed by atoms with E-state index in [1.165, 1.54) is 13.5 Å². The highest BCUT2D eigenvalue weighted by Gasteiger charge is 2.34. The molecule has 1 fully saturated rings. The second kappa shape index (κ2) is 10.2. The van der Waals surface area contributed by atoms with Crippen LogP contribution >= 0.6 is 11.6 Å². The average Bonchev–Trinajstić information content (AvgIpc) is 2.79. The van der Waals surface area contributed by atoms with Crippen molar-refractivity contribution >= 4 is 35.0 Å². The van der Waals surface area contributed by atoms with Crippen molar-refractivity contribution in [1.82, 2.24) is 10.6 Å². The minimum atomic E-state index is -0.327. The lowest BCUT2D eigenvalue weighted by atomic mass is 9.75. The Morgan fingerprint density at radius 2 is 1.69 bits per heavy atom. The number of anilines is 1. The first-order valence-electron chi connectivity index (χ1n) is 10.9. The van der Waals surface area contributed by atoms with Crippen LogP contribution in [-0.2, 0) is 11.3 Å². The Morgan fingerprint density at radius 1 is 0.969 bits per heavy atom. The molecule has 0 bridgehead atoms. The summed E-state index contributed by atoms with van der Waals surface area (Å²) in [5.41, 5.74) is 2.64. The largest absolute Gasteiger partial charge is 0.355 e. The quantitative estimate of drug-likeness (QED) is 0.582. The summed E-state index contributed by atoms with van der Waals surface area (Å²) in [6.45, 7) is 4.27. The summed E-state index contributed by atoms with van der Waals surface area (Å²) >= 11 is 6.09. The van der Waals surface area contributed by atoms with Crippen LogP contribution < -0.4 is 16.0 Å². The predicted octanol–water partition coefficient (Wildman–Crippen LogP) is 4.85. The molecule has 0 saturated heterocycles. The Morgan fingerprint density at radius 3 is 2.38 bits per heavy atom. The second-order valence-electron chi connectivity index (χ2n) is 8.68. The van der Waals surface area contributed by atoms with E-state index in [0.29, 0.717) is 22.8 Å². The molecule has 0 spiro atoms. The Balaban J connectivity index is 1.71. The Kier molecular flexibility index (Phi) is 7.56. The number of aryl methyl sites for hydroxylation is 1. The summed E-state index contributed by atoms with van der Waals surface area (Å²) in [5.74, 6) is -0.543. The summed E-state index contributed by atoms with van der Waals surface area (Å²) in [5, 5.41) is 8.72. The fourth-order valence-electron chi connectivity index (χ4n) is 4.09. The van der Waals surface area contributed by atoms with E-state index in [-0.39, 0.29) is 28.7 Å². The lowest BCUT2D eigenvalue weighted by Crippen LogP contribution is -2.39. The van der Waals surface area contributed by atoms with Crippen LogP contribution in [0.25, 0.3) is 0 Å². The van der Waals surface area contributed by atoms with Gasteiger partial charge < -0.3 is 16.0 Å². The van der Waals surface area contributed by atoms with Gasteiger partial charge in [-0.2, -0.15) is 0 Å². The van der Waals surface area contributed by atoms with Gasteiger partial charge >= 0.3 is 0 Å². The minimum absolute atomic E-state index is 0.0756. The number of rotatable bonds is 6. The van der Waals surface area contributed by atoms with Crippen LogP contribution in [-0.4, -0.2) is 24.8 Å². The van der Waals surface area contributed by atoms with Gasteiger partial charge in [-0.3, -0.25) is 14.4 Å². The zero-order valence-electron chi connectivity index (χ0n) is 18.8. The first-order chi connectivity index (χ1) is 15.2. The zero-order chi connectivity index (χ0) is 23.3. The van der Waals surface area contributed by atoms with Crippen LogP contribution in [0.1, 0.15) is 70.9 Å². The Bertz CT molecular complexity index is 1030. The summed E-state index contributed by atoms with van der Waals surface area (Å²) in [6, 6.07) is 10.4. The maximum absolute atomic E-state index is 12.9. The van der Waals surface area contributed by atoms with Gasteiger partial charge in [0.2, 0.25) is 5.91 Å². The molecule has 3 N–H and O–H groups in total. The molecule has 170 valence electrons. The van der Waals surface area contributed by atoms with Gasteiger partial charge in [-0.15, -0.1) is 0 Å². The minimum Gasteiger partial charge on any atom is -0.355 e. The lowest BCUT2D eigenvalue weighted by Gasteiger charge is -2.32. The molecule has 3 amide bonds. The van der Waals surface area contributed by atoms with Gasteiger partial charge in [0, 0.05) is 30.3 Å². The van der Waals surface area contributed by atoms with E-state index in [9.17, 15) is 14.4 Å². The second-order valence-corrected chi connectivity index (χ2v) is 9.09. The molecular weight excluding hydrogens is 426 g/mol. The van der Waals surface area contributed by atoms with Crippen LogP contribution in [0.3, 0.4) is 0 Å². The Hall–Kier alpha value is -2.86. The molecule has 0 heterocycles. The molecule has 0 aliphatic heterocycles. The zero-order valence-corrected chi connectivity index (χ0v) is 19.6. The molecular formula is C25H30ClN3O3. The third-order valence-corrected chi connectivity index (χ3v) is 6.53. The van der Waals surface area contributed by atoms with Crippen molar-refractivity contribution in [1.29, 1.82) is 0 Å². The molecule has 7 heteroatoms. The van der Waals surface area contributed by atoms with Crippen molar-refractivity contribution in [3.63, 3.8) is 0 Å². The standard InChI is InChI=1S/C25H30ClN3O3/c1-16-7-8-17(15-28-24(32)25(2)11-5-4-6-12-25)13-19(16)23(31)29-18-9-10-21(26)20(14-18)22(30)27-3/h7-10,13-14H,4-6,11-12,15H2,1-3H3,(H,27,30)(H,28,32)(H,29,31). The van der Waals surface area contributed by atoms with Gasteiger partial charge in [0.1, 0.15) is 0 Å². The molecule has 2 aromatic carbocycles. The predicted molar refractivity (Wildman–Crippen MR) is 127 cm³/mol. The van der Waals surface area contributed by atoms with E-state index in [0.717, 1.165) is 36.8 Å². The average molecular weight is 456 g/mol. The van der Waals surface area contributed by atoms with E-state index in [4.69, 9.17) is 11.6 Å². The number of amides is 3. The topological polar surface area (TPSA) is 87.3 Å². The fourth-order valence-corrected chi connectivity index (χ4v) is 4.29. The maximum atomic E-state index is 12.9. The normalized spacial score (nSPS) is 15.0. The summed E-state index contributed by atoms with van der Waals surface area (Å²) < 4.78 is 0. The fraction of sp³-hybridized carbons (Fsp3) is 0.400. The van der Waals surface area contributed by atoms with E-state index >= 15 is 0 Å². The molecule has 0 aromatic heterocycles. The van der Waals surface area contributed by atoms with Crippen LogP contribution in [0.15, 0.2) is 36.4 Å². The lowest BCUT2D eigenvalue weighted by molar-refractivity contribution is -0.132. The molecule has 0 atom stereocenters. The van der Waals surface area contributed by atoms with Crippen molar-refractivity contribution in [2.24, 2.45) is 5.41 Å². The SMILES string of the molecule is CNC(=O)c1cc(NC(=O)c2cc(CNC(=O)C3(C)CCCCC3)ccc2C)ccc1Cl. The van der Waals surface area contributed by atoms with Gasteiger partial charge in [-0.1, -0.05) is 49.9 Å². The molecule has 32 heavy (non-hydrogen) atoms. The van der Waals surface area contributed by atoms with Crippen LogP contribution in [0.4, 0.5) is 5.69 Å². The smallest absolute Gasteiger partial charge is 0.255 e. The number of hydrogen-bond donors (Lipinski definition) is 3. The van der Waals surface area contributed by atoms with Gasteiger partial charge in [0.25, 0.3) is 11.8 Å². The van der Waals surface area contributed by atoms with Crippen molar-refractivity contribution in [2.75, 3.05) is 12.4 Å². The van der Waals surface area contributed by atoms with Crippen LogP contribution in [0.2, 0.25) is 5.02 Å². The number of carbonyl (C=O) groups is 3. The van der Waals surface area contributed by atoms with Crippen molar-refractivity contribution in [3.8, 4) is 0 Å². The summed E-state index contributed by atoms with van der Waals surface area (Å²) in [6.07, 6.45) is 5.20. The third-order valence-electron chi connectivity index (χ3n) is 6.20. The molecule has 6 nitrogen and oxygen atoms in total. The van der Waals surface area contributed by atoms with Gasteiger partial charge in [0.05, 0.1) is 10.6 Å². The molecule has 0 radical (unpaired) electrons. The number of benzene rings is 2. The van der Waals surface area contributed by atoms with E-state index < -0.39 is 0 Å². The van der Waals surface area contributed by atoms with Gasteiger partial charge in [-0.25, -0.2) is 0 Å². The molecule has 1 aliphatic rings. The van der Waals surface area contributed by atoms with Crippen molar-refractivity contribution in [3.05, 3.63) is 63.7 Å². The monoisotopic (exact) mass is 455 g/mol. The van der Waals surface area contributed by atoms with Crippen LogP contribution in [0, 0.1) is 12.3 Å². The van der Waals surface area contributed by atoms with E-state index in [2.05, 4.69) is 16.0 Å². The van der Waals surface area contributed by atoms with Crippen LogP contribution in [0.5, 0.6) is 0 Å². The van der Waals surface area contributed by atoms with E-state index in [1.807, 2.05) is 26.0 Å². The maximum Gasteiger partial charge on any atom is 0.255 e. The molecule has 3 rings (SSSR count). The summed E-state index contributed by atoms with van der Waals surface area (Å²) in [4.78, 5) is 37.6.